The van der Waals surface area contributed by atoms with Crippen LogP contribution in [0.2, 0.25) is 0 Å². The van der Waals surface area contributed by atoms with Crippen LogP contribution in [0.4, 0.5) is 0 Å². The fourth-order valence-corrected chi connectivity index (χ4v) is 4.59. The molecule has 3 heteroatoms. The van der Waals surface area contributed by atoms with E-state index >= 15 is 0 Å². The van der Waals surface area contributed by atoms with Crippen LogP contribution in [0, 0.1) is 0 Å². The van der Waals surface area contributed by atoms with Gasteiger partial charge in [-0.25, -0.2) is 4.79 Å². The second kappa shape index (κ2) is 5.60. The predicted octanol–water partition coefficient (Wildman–Crippen LogP) is 3.74. The molecule has 2 nitrogen and oxygen atoms in total. The Hall–Kier alpha value is -1.92. The van der Waals surface area contributed by atoms with Crippen LogP contribution < -0.4 is 5.30 Å². The van der Waals surface area contributed by atoms with Crippen molar-refractivity contribution in [2.24, 2.45) is 0 Å². The van der Waals surface area contributed by atoms with Crippen LogP contribution in [0.15, 0.2) is 66.0 Å². The molecule has 0 N–H and O–H groups in total. The van der Waals surface area contributed by atoms with Gasteiger partial charge in [0.1, 0.15) is 0 Å². The Kier molecular flexibility index (Phi) is 3.66. The third-order valence-corrected chi connectivity index (χ3v) is 5.53. The molecule has 20 heavy (non-hydrogen) atoms. The quantitative estimate of drug-likeness (QED) is 0.631. The molecule has 1 atom stereocenters. The highest BCUT2D eigenvalue weighted by molar-refractivity contribution is 7.89. The van der Waals surface area contributed by atoms with Gasteiger partial charge in [-0.1, -0.05) is 60.7 Å². The van der Waals surface area contributed by atoms with Crippen molar-refractivity contribution < 1.29 is 9.53 Å². The first-order chi connectivity index (χ1) is 9.83. The molecule has 100 valence electrons. The van der Waals surface area contributed by atoms with Crippen molar-refractivity contribution in [3.63, 3.8) is 0 Å². The summed E-state index contributed by atoms with van der Waals surface area (Å²) >= 11 is 0. The summed E-state index contributed by atoms with van der Waals surface area (Å²) in [6.07, 6.45) is 0. The molecule has 0 amide bonds. The van der Waals surface area contributed by atoms with Gasteiger partial charge in [-0.05, 0) is 25.7 Å². The van der Waals surface area contributed by atoms with E-state index in [0.717, 1.165) is 16.2 Å². The number of rotatable bonds is 4. The van der Waals surface area contributed by atoms with Gasteiger partial charge in [0.05, 0.1) is 11.9 Å². The van der Waals surface area contributed by atoms with Gasteiger partial charge in [-0.2, -0.15) is 0 Å². The zero-order chi connectivity index (χ0) is 13.9. The van der Waals surface area contributed by atoms with Crippen molar-refractivity contribution in [2.75, 3.05) is 6.61 Å². The number of carbonyl (C=O) groups excluding carboxylic acids is 1. The van der Waals surface area contributed by atoms with Gasteiger partial charge >= 0.3 is 5.97 Å². The van der Waals surface area contributed by atoms with Gasteiger partial charge in [0.25, 0.3) is 0 Å². The van der Waals surface area contributed by atoms with Crippen LogP contribution in [0.25, 0.3) is 5.31 Å². The molecule has 0 spiro atoms. The summed E-state index contributed by atoms with van der Waals surface area (Å²) in [7, 11) is -0.641. The zero-order valence-electron chi connectivity index (χ0n) is 11.2. The molecule has 0 unspecified atom stereocenters. The molecule has 0 radical (unpaired) electrons. The molecule has 1 heterocycles. The van der Waals surface area contributed by atoms with Gasteiger partial charge in [0.2, 0.25) is 0 Å². The first-order valence-corrected chi connectivity index (χ1v) is 7.99. The van der Waals surface area contributed by atoms with Crippen LogP contribution in [0.1, 0.15) is 12.5 Å². The molecule has 0 aliphatic carbocycles. The number of esters is 1. The summed E-state index contributed by atoms with van der Waals surface area (Å²) < 4.78 is 5.19. The summed E-state index contributed by atoms with van der Waals surface area (Å²) in [5.74, 6) is -0.165. The van der Waals surface area contributed by atoms with Crippen molar-refractivity contribution >= 4 is 24.5 Å². The topological polar surface area (TPSA) is 26.3 Å². The summed E-state index contributed by atoms with van der Waals surface area (Å²) in [5, 5.41) is 3.23. The SMILES string of the molecule is CCOC(=O)C1=C(c2ccccc2)[P@@]1c1ccccc1. The van der Waals surface area contributed by atoms with E-state index < -0.39 is 7.92 Å². The highest BCUT2D eigenvalue weighted by atomic mass is 31.1. The Labute approximate surface area is 119 Å². The first kappa shape index (κ1) is 13.1. The molecule has 3 rings (SSSR count). The monoisotopic (exact) mass is 282 g/mol. The summed E-state index contributed by atoms with van der Waals surface area (Å²) in [6.45, 7) is 2.26. The number of carbonyl (C=O) groups is 1. The van der Waals surface area contributed by atoms with Crippen molar-refractivity contribution in [1.29, 1.82) is 0 Å². The minimum Gasteiger partial charge on any atom is -0.462 e. The lowest BCUT2D eigenvalue weighted by Crippen LogP contribution is -2.02. The van der Waals surface area contributed by atoms with Crippen molar-refractivity contribution in [2.45, 2.75) is 6.92 Å². The fourth-order valence-electron chi connectivity index (χ4n) is 2.25. The van der Waals surface area contributed by atoms with E-state index in [1.54, 1.807) is 0 Å². The highest BCUT2D eigenvalue weighted by Crippen LogP contribution is 2.73. The molecule has 1 aliphatic rings. The maximum Gasteiger partial charge on any atom is 0.339 e. The van der Waals surface area contributed by atoms with Gasteiger partial charge in [-0.3, -0.25) is 0 Å². The van der Waals surface area contributed by atoms with Gasteiger partial charge in [0, 0.05) is 5.31 Å². The number of hydrogen-bond acceptors (Lipinski definition) is 2. The molecule has 0 aromatic heterocycles. The average molecular weight is 282 g/mol. The van der Waals surface area contributed by atoms with Gasteiger partial charge in [0.15, 0.2) is 0 Å². The van der Waals surface area contributed by atoms with Crippen molar-refractivity contribution in [1.82, 2.24) is 0 Å². The maximum atomic E-state index is 12.1. The maximum absolute atomic E-state index is 12.1. The molecule has 2 aromatic rings. The minimum atomic E-state index is -0.641. The lowest BCUT2D eigenvalue weighted by Gasteiger charge is -2.02. The minimum absolute atomic E-state index is 0.165. The summed E-state index contributed by atoms with van der Waals surface area (Å²) in [5.41, 5.74) is 1.13. The lowest BCUT2D eigenvalue weighted by molar-refractivity contribution is -0.137. The lowest BCUT2D eigenvalue weighted by atomic mass is 10.2. The molecule has 0 bridgehead atoms. The number of ether oxygens (including phenoxy) is 1. The van der Waals surface area contributed by atoms with E-state index in [0.29, 0.717) is 6.61 Å². The first-order valence-electron chi connectivity index (χ1n) is 6.65. The third kappa shape index (κ3) is 2.39. The van der Waals surface area contributed by atoms with Crippen molar-refractivity contribution in [3.8, 4) is 0 Å². The second-order valence-corrected chi connectivity index (χ2v) is 6.54. The number of benzene rings is 2. The van der Waals surface area contributed by atoms with Crippen LogP contribution in [0.5, 0.6) is 0 Å². The molecule has 0 fully saturated rings. The van der Waals surface area contributed by atoms with E-state index in [1.807, 2.05) is 43.3 Å². The van der Waals surface area contributed by atoms with Crippen LogP contribution in [-0.2, 0) is 9.53 Å². The van der Waals surface area contributed by atoms with E-state index in [1.165, 1.54) is 5.30 Å². The normalized spacial score (nSPS) is 16.9. The molecule has 0 saturated carbocycles. The Balaban J connectivity index is 1.96. The molecular formula is C17H15O2P. The Morgan fingerprint density at radius 3 is 2.20 bits per heavy atom. The summed E-state index contributed by atoms with van der Waals surface area (Å²) in [4.78, 5) is 12.1. The third-order valence-electron chi connectivity index (χ3n) is 3.15. The highest BCUT2D eigenvalue weighted by Gasteiger charge is 2.44. The largest absolute Gasteiger partial charge is 0.462 e. The van der Waals surface area contributed by atoms with Gasteiger partial charge < -0.3 is 4.74 Å². The Morgan fingerprint density at radius 2 is 1.60 bits per heavy atom. The van der Waals surface area contributed by atoms with E-state index in [2.05, 4.69) is 24.3 Å². The molecule has 2 aromatic carbocycles. The summed E-state index contributed by atoms with van der Waals surface area (Å²) in [6, 6.07) is 20.3. The number of hydrogen-bond donors (Lipinski definition) is 0. The van der Waals surface area contributed by atoms with E-state index in [9.17, 15) is 4.79 Å². The van der Waals surface area contributed by atoms with Crippen LogP contribution >= 0.6 is 7.92 Å². The molecular weight excluding hydrogens is 267 g/mol. The van der Waals surface area contributed by atoms with Crippen LogP contribution in [0.3, 0.4) is 0 Å². The smallest absolute Gasteiger partial charge is 0.339 e. The van der Waals surface area contributed by atoms with Gasteiger partial charge in [-0.15, -0.1) is 0 Å². The average Bonchev–Trinajstić information content (AvgIpc) is 3.25. The Bertz CT molecular complexity index is 647. The molecule has 0 saturated heterocycles. The zero-order valence-corrected chi connectivity index (χ0v) is 12.1. The fraction of sp³-hybridized carbons (Fsp3) is 0.118. The predicted molar refractivity (Wildman–Crippen MR) is 83.0 cm³/mol. The van der Waals surface area contributed by atoms with E-state index in [-0.39, 0.29) is 5.97 Å². The second-order valence-electron chi connectivity index (χ2n) is 4.45. The molecule has 1 aliphatic heterocycles. The van der Waals surface area contributed by atoms with E-state index in [4.69, 9.17) is 4.74 Å². The van der Waals surface area contributed by atoms with Crippen molar-refractivity contribution in [3.05, 3.63) is 71.5 Å². The van der Waals surface area contributed by atoms with Crippen LogP contribution in [-0.4, -0.2) is 12.6 Å². The standard InChI is InChI=1S/C17H15O2P/c1-2-19-17(18)16-15(13-9-5-3-6-10-13)20(16)14-11-7-4-8-12-14/h3-12H,2H2,1H3/t20-/m1/s1. The Morgan fingerprint density at radius 1 is 1.00 bits per heavy atom.